The Morgan fingerprint density at radius 3 is 2.40 bits per heavy atom. The highest BCUT2D eigenvalue weighted by Gasteiger charge is 2.42. The van der Waals surface area contributed by atoms with Crippen molar-refractivity contribution < 1.29 is 24.3 Å². The molecule has 4 atom stereocenters. The quantitative estimate of drug-likeness (QED) is 0.210. The van der Waals surface area contributed by atoms with Crippen molar-refractivity contribution in [3.63, 3.8) is 0 Å². The molecule has 0 radical (unpaired) electrons. The van der Waals surface area contributed by atoms with Crippen LogP contribution >= 0.6 is 0 Å². The van der Waals surface area contributed by atoms with Crippen LogP contribution in [-0.4, -0.2) is 98.9 Å². The fourth-order valence-electron chi connectivity index (χ4n) is 6.42. The van der Waals surface area contributed by atoms with Crippen molar-refractivity contribution >= 4 is 34.5 Å². The Balaban J connectivity index is 1.32. The van der Waals surface area contributed by atoms with Gasteiger partial charge in [0.1, 0.15) is 18.1 Å². The number of aromatic nitrogens is 2. The zero-order valence-corrected chi connectivity index (χ0v) is 26.0. The summed E-state index contributed by atoms with van der Waals surface area (Å²) in [5.74, 6) is -1.75. The van der Waals surface area contributed by atoms with Crippen LogP contribution in [0.3, 0.4) is 0 Å². The molecule has 4 aromatic rings. The van der Waals surface area contributed by atoms with Gasteiger partial charge in [-0.2, -0.15) is 0 Å². The summed E-state index contributed by atoms with van der Waals surface area (Å²) in [5.41, 5.74) is 3.53. The smallest absolute Gasteiger partial charge is 0.246 e. The van der Waals surface area contributed by atoms with Crippen LogP contribution in [0.25, 0.3) is 10.9 Å². The molecule has 12 nitrogen and oxygen atoms in total. The Hall–Kier alpha value is -5.07. The van der Waals surface area contributed by atoms with Crippen LogP contribution in [0.1, 0.15) is 23.1 Å². The number of amides is 4. The van der Waals surface area contributed by atoms with E-state index in [4.69, 9.17) is 0 Å². The second-order valence-corrected chi connectivity index (χ2v) is 12.2. The van der Waals surface area contributed by atoms with Crippen molar-refractivity contribution in [1.29, 1.82) is 0 Å². The van der Waals surface area contributed by atoms with E-state index in [9.17, 15) is 24.3 Å². The number of nitrogens with zero attached hydrogens (tertiary/aromatic N) is 3. The van der Waals surface area contributed by atoms with Gasteiger partial charge in [-0.05, 0) is 34.9 Å². The minimum atomic E-state index is -1.01. The molecule has 2 aromatic carbocycles. The van der Waals surface area contributed by atoms with Crippen molar-refractivity contribution in [2.45, 2.75) is 50.0 Å². The van der Waals surface area contributed by atoms with E-state index in [1.807, 2.05) is 77.8 Å². The van der Waals surface area contributed by atoms with Gasteiger partial charge in [-0.1, -0.05) is 48.5 Å². The lowest BCUT2D eigenvalue weighted by molar-refractivity contribution is -0.142. The second kappa shape index (κ2) is 14.6. The molecule has 47 heavy (non-hydrogen) atoms. The van der Waals surface area contributed by atoms with E-state index in [0.717, 1.165) is 27.6 Å². The minimum absolute atomic E-state index is 0.0186. The summed E-state index contributed by atoms with van der Waals surface area (Å²) in [6.45, 7) is 0.880. The molecule has 4 heterocycles. The maximum Gasteiger partial charge on any atom is 0.246 e. The average Bonchev–Trinajstić information content (AvgIpc) is 3.67. The largest absolute Gasteiger partial charge is 0.391 e. The number of hydrogen-bond donors (Lipinski definition) is 5. The standard InChI is InChI=1S/C35H39N7O5/c43-26-18-31-34(46)40-29(16-23-6-2-1-3-7-23)33(45)37-14-15-41(20-24-10-12-36-13-11-24)22-32(44)39-30(35(47)42(31)21-26)17-25-19-38-28-9-5-4-8-27(25)28/h1-13,19,26,29-31,38,43H,14-18,20-22H2,(H,37,45)(H,39,44)(H,40,46)/t26-,29+,30-,31+/m1/s1. The highest BCUT2D eigenvalue weighted by atomic mass is 16.3. The number of hydrogen-bond acceptors (Lipinski definition) is 7. The molecule has 4 amide bonds. The van der Waals surface area contributed by atoms with Gasteiger partial charge in [0.05, 0.1) is 12.6 Å². The topological polar surface area (TPSA) is 160 Å². The van der Waals surface area contributed by atoms with Crippen LogP contribution < -0.4 is 16.0 Å². The molecular formula is C35H39N7O5. The third-order valence-electron chi connectivity index (χ3n) is 8.76. The number of H-pyrrole nitrogens is 1. The summed E-state index contributed by atoms with van der Waals surface area (Å²) in [4.78, 5) is 65.8. The molecule has 0 aliphatic carbocycles. The number of benzene rings is 2. The average molecular weight is 638 g/mol. The van der Waals surface area contributed by atoms with Crippen LogP contribution in [0.5, 0.6) is 0 Å². The Labute approximate surface area is 272 Å². The lowest BCUT2D eigenvalue weighted by Gasteiger charge is -2.30. The number of para-hydroxylation sites is 1. The van der Waals surface area contributed by atoms with Crippen molar-refractivity contribution in [3.8, 4) is 0 Å². The van der Waals surface area contributed by atoms with E-state index in [2.05, 4.69) is 25.9 Å². The number of aliphatic hydroxyl groups excluding tert-OH is 1. The van der Waals surface area contributed by atoms with Gasteiger partial charge < -0.3 is 30.9 Å². The highest BCUT2D eigenvalue weighted by Crippen LogP contribution is 2.24. The summed E-state index contributed by atoms with van der Waals surface area (Å²) in [6, 6.07) is 17.9. The molecule has 0 unspecified atom stereocenters. The zero-order valence-electron chi connectivity index (χ0n) is 26.0. The van der Waals surface area contributed by atoms with Crippen LogP contribution in [-0.2, 0) is 38.6 Å². The molecule has 2 aliphatic heterocycles. The van der Waals surface area contributed by atoms with E-state index in [1.165, 1.54) is 4.90 Å². The first-order valence-corrected chi connectivity index (χ1v) is 15.9. The minimum Gasteiger partial charge on any atom is -0.391 e. The maximum atomic E-state index is 14.3. The van der Waals surface area contributed by atoms with Gasteiger partial charge in [-0.3, -0.25) is 29.1 Å². The van der Waals surface area contributed by atoms with Crippen LogP contribution in [0.2, 0.25) is 0 Å². The number of pyridine rings is 1. The van der Waals surface area contributed by atoms with Gasteiger partial charge in [0.15, 0.2) is 0 Å². The third-order valence-corrected chi connectivity index (χ3v) is 8.76. The predicted molar refractivity (Wildman–Crippen MR) is 175 cm³/mol. The van der Waals surface area contributed by atoms with Crippen LogP contribution in [0.15, 0.2) is 85.3 Å². The Kier molecular flexibility index (Phi) is 9.89. The first-order chi connectivity index (χ1) is 22.8. The molecule has 2 saturated heterocycles. The SMILES string of the molecule is O=C1CN(Cc2ccncc2)CCNC(=O)[C@H](Cc2ccccc2)NC(=O)[C@@H]2C[C@@H](O)CN2C(=O)[C@@H](Cc2c[nH]c3ccccc23)N1. The van der Waals surface area contributed by atoms with Crippen molar-refractivity contribution in [2.24, 2.45) is 0 Å². The number of fused-ring (bicyclic) bond motifs is 2. The fraction of sp³-hybridized carbons (Fsp3) is 0.343. The fourth-order valence-corrected chi connectivity index (χ4v) is 6.42. The molecule has 12 heteroatoms. The van der Waals surface area contributed by atoms with E-state index >= 15 is 0 Å². The summed E-state index contributed by atoms with van der Waals surface area (Å²) < 4.78 is 0. The van der Waals surface area contributed by atoms with E-state index < -0.39 is 36.0 Å². The van der Waals surface area contributed by atoms with Crippen LogP contribution in [0, 0.1) is 0 Å². The Morgan fingerprint density at radius 1 is 0.830 bits per heavy atom. The van der Waals surface area contributed by atoms with Crippen LogP contribution in [0.4, 0.5) is 0 Å². The normalized spacial score (nSPS) is 23.4. The molecule has 0 saturated carbocycles. The Morgan fingerprint density at radius 2 is 1.60 bits per heavy atom. The monoisotopic (exact) mass is 637 g/mol. The number of nitrogens with one attached hydrogen (secondary N) is 4. The number of carbonyl (C=O) groups excluding carboxylic acids is 4. The zero-order chi connectivity index (χ0) is 32.8. The molecule has 2 fully saturated rings. The number of rotatable bonds is 6. The molecule has 5 N–H and O–H groups in total. The van der Waals surface area contributed by atoms with Gasteiger partial charge >= 0.3 is 0 Å². The first-order valence-electron chi connectivity index (χ1n) is 15.9. The molecule has 244 valence electrons. The summed E-state index contributed by atoms with van der Waals surface area (Å²) >= 11 is 0. The van der Waals surface area contributed by atoms with Gasteiger partial charge in [-0.15, -0.1) is 0 Å². The number of aliphatic hydroxyl groups is 1. The van der Waals surface area contributed by atoms with E-state index in [1.54, 1.807) is 12.4 Å². The van der Waals surface area contributed by atoms with Gasteiger partial charge in [0.25, 0.3) is 0 Å². The molecule has 2 aromatic heterocycles. The van der Waals surface area contributed by atoms with E-state index in [0.29, 0.717) is 13.1 Å². The Bertz CT molecular complexity index is 1710. The molecule has 6 rings (SSSR count). The number of aromatic amines is 1. The number of carbonyl (C=O) groups is 4. The predicted octanol–water partition coefficient (Wildman–Crippen LogP) is 0.912. The van der Waals surface area contributed by atoms with Crippen molar-refractivity contribution in [3.05, 3.63) is 102 Å². The van der Waals surface area contributed by atoms with Crippen molar-refractivity contribution in [1.82, 2.24) is 35.7 Å². The lowest BCUT2D eigenvalue weighted by Crippen LogP contribution is -2.57. The molecular weight excluding hydrogens is 598 g/mol. The molecule has 0 bridgehead atoms. The highest BCUT2D eigenvalue weighted by molar-refractivity contribution is 5.95. The second-order valence-electron chi connectivity index (χ2n) is 12.2. The molecule has 2 aliphatic rings. The summed E-state index contributed by atoms with van der Waals surface area (Å²) in [7, 11) is 0. The summed E-state index contributed by atoms with van der Waals surface area (Å²) in [6.07, 6.45) is 4.68. The van der Waals surface area contributed by atoms with Crippen molar-refractivity contribution in [2.75, 3.05) is 26.2 Å². The maximum absolute atomic E-state index is 14.3. The molecule has 0 spiro atoms. The summed E-state index contributed by atoms with van der Waals surface area (Å²) in [5, 5.41) is 20.3. The van der Waals surface area contributed by atoms with E-state index in [-0.39, 0.29) is 50.7 Å². The third kappa shape index (κ3) is 7.84. The van der Waals surface area contributed by atoms with Gasteiger partial charge in [0.2, 0.25) is 23.6 Å². The van der Waals surface area contributed by atoms with Gasteiger partial charge in [0, 0.05) is 74.9 Å². The first kappa shape index (κ1) is 31.9. The van der Waals surface area contributed by atoms with Gasteiger partial charge in [-0.25, -0.2) is 0 Å². The lowest BCUT2D eigenvalue weighted by atomic mass is 10.0.